The van der Waals surface area contributed by atoms with Gasteiger partial charge in [-0.3, -0.25) is 0 Å². The summed E-state index contributed by atoms with van der Waals surface area (Å²) in [5, 5.41) is 4.81. The Balaban J connectivity index is 0.00000180. The molecular formula is C22H26N4O. The minimum Gasteiger partial charge on any atom is -0.443 e. The highest BCUT2D eigenvalue weighted by molar-refractivity contribution is 5.88. The van der Waals surface area contributed by atoms with E-state index in [4.69, 9.17) is 4.42 Å². The van der Waals surface area contributed by atoms with Gasteiger partial charge < -0.3 is 19.6 Å². The average molecular weight is 362 g/mol. The molecule has 5 rings (SSSR count). The summed E-state index contributed by atoms with van der Waals surface area (Å²) in [5.41, 5.74) is 6.39. The van der Waals surface area contributed by atoms with Crippen molar-refractivity contribution in [3.05, 3.63) is 54.6 Å². The van der Waals surface area contributed by atoms with Crippen LogP contribution in [0.4, 0.5) is 11.4 Å². The minimum absolute atomic E-state index is 0. The van der Waals surface area contributed by atoms with Gasteiger partial charge in [0.15, 0.2) is 12.0 Å². The normalized spacial score (nSPS) is 15.9. The van der Waals surface area contributed by atoms with Crippen LogP contribution in [-0.4, -0.2) is 35.0 Å². The van der Waals surface area contributed by atoms with Crippen LogP contribution in [0.25, 0.3) is 22.0 Å². The average Bonchev–Trinajstić information content (AvgIpc) is 3.28. The molecule has 27 heavy (non-hydrogen) atoms. The number of nitrogens with zero attached hydrogens (tertiary/aromatic N) is 2. The van der Waals surface area contributed by atoms with E-state index >= 15 is 0 Å². The van der Waals surface area contributed by atoms with Crippen LogP contribution in [0.5, 0.6) is 0 Å². The Morgan fingerprint density at radius 1 is 1.11 bits per heavy atom. The number of fused-ring (bicyclic) bond motifs is 2. The van der Waals surface area contributed by atoms with Crippen LogP contribution in [0.1, 0.15) is 31.7 Å². The van der Waals surface area contributed by atoms with Crippen molar-refractivity contribution in [2.75, 3.05) is 25.5 Å². The molecule has 1 aliphatic heterocycles. The van der Waals surface area contributed by atoms with E-state index in [1.54, 1.807) is 0 Å². The third-order valence-electron chi connectivity index (χ3n) is 5.49. The van der Waals surface area contributed by atoms with Crippen LogP contribution in [0.2, 0.25) is 0 Å². The fourth-order valence-electron chi connectivity index (χ4n) is 3.99. The van der Waals surface area contributed by atoms with Crippen molar-refractivity contribution < 1.29 is 4.42 Å². The van der Waals surface area contributed by atoms with Crippen LogP contribution in [0.3, 0.4) is 0 Å². The van der Waals surface area contributed by atoms with Crippen molar-refractivity contribution >= 4 is 33.4 Å². The molecule has 0 atom stereocenters. The number of piperidine rings is 1. The fourth-order valence-corrected chi connectivity index (χ4v) is 3.99. The van der Waals surface area contributed by atoms with Crippen molar-refractivity contribution in [2.24, 2.45) is 0 Å². The molecule has 1 saturated heterocycles. The summed E-state index contributed by atoms with van der Waals surface area (Å²) in [6.07, 6.45) is 6.15. The molecule has 2 aromatic heterocycles. The SMILES string of the molecule is C.CN1CCC(c2c[nH]c3cc(Nc4ccc5ocnc5c4)ccc23)CC1. The van der Waals surface area contributed by atoms with E-state index in [0.29, 0.717) is 5.92 Å². The van der Waals surface area contributed by atoms with Crippen molar-refractivity contribution in [1.29, 1.82) is 0 Å². The Kier molecular flexibility index (Phi) is 4.62. The lowest BCUT2D eigenvalue weighted by atomic mass is 9.89. The summed E-state index contributed by atoms with van der Waals surface area (Å²) in [4.78, 5) is 10.1. The van der Waals surface area contributed by atoms with Crippen molar-refractivity contribution in [1.82, 2.24) is 14.9 Å². The minimum atomic E-state index is 0. The van der Waals surface area contributed by atoms with Crippen LogP contribution in [0, 0.1) is 0 Å². The molecule has 2 aromatic carbocycles. The Morgan fingerprint density at radius 2 is 1.89 bits per heavy atom. The first-order valence-corrected chi connectivity index (χ1v) is 9.16. The topological polar surface area (TPSA) is 57.1 Å². The zero-order valence-corrected chi connectivity index (χ0v) is 14.8. The summed E-state index contributed by atoms with van der Waals surface area (Å²) in [7, 11) is 2.21. The monoisotopic (exact) mass is 362 g/mol. The maximum absolute atomic E-state index is 5.30. The predicted octanol–water partition coefficient (Wildman–Crippen LogP) is 5.50. The number of hydrogen-bond donors (Lipinski definition) is 2. The molecule has 0 saturated carbocycles. The van der Waals surface area contributed by atoms with Gasteiger partial charge in [0.1, 0.15) is 5.52 Å². The van der Waals surface area contributed by atoms with E-state index in [9.17, 15) is 0 Å². The second-order valence-corrected chi connectivity index (χ2v) is 7.24. The summed E-state index contributed by atoms with van der Waals surface area (Å²) in [5.74, 6) is 0.660. The maximum atomic E-state index is 5.30. The largest absolute Gasteiger partial charge is 0.443 e. The molecule has 0 spiro atoms. The van der Waals surface area contributed by atoms with E-state index in [1.807, 2.05) is 18.2 Å². The molecule has 0 radical (unpaired) electrons. The van der Waals surface area contributed by atoms with Crippen LogP contribution < -0.4 is 5.32 Å². The summed E-state index contributed by atoms with van der Waals surface area (Å²) < 4.78 is 5.30. The van der Waals surface area contributed by atoms with E-state index in [-0.39, 0.29) is 7.43 Å². The number of aromatic nitrogens is 2. The van der Waals surface area contributed by atoms with Gasteiger partial charge in [0.25, 0.3) is 0 Å². The van der Waals surface area contributed by atoms with Gasteiger partial charge in [-0.1, -0.05) is 13.5 Å². The Bertz CT molecular complexity index is 1060. The van der Waals surface area contributed by atoms with Crippen molar-refractivity contribution in [3.63, 3.8) is 0 Å². The fraction of sp³-hybridized carbons (Fsp3) is 0.318. The predicted molar refractivity (Wildman–Crippen MR) is 112 cm³/mol. The van der Waals surface area contributed by atoms with Gasteiger partial charge in [0.2, 0.25) is 0 Å². The molecule has 4 aromatic rings. The summed E-state index contributed by atoms with van der Waals surface area (Å²) in [6.45, 7) is 2.36. The van der Waals surface area contributed by atoms with E-state index in [0.717, 1.165) is 22.5 Å². The zero-order valence-electron chi connectivity index (χ0n) is 14.8. The van der Waals surface area contributed by atoms with Gasteiger partial charge in [0.05, 0.1) is 0 Å². The molecule has 2 N–H and O–H groups in total. The zero-order chi connectivity index (χ0) is 17.5. The van der Waals surface area contributed by atoms with E-state index in [1.165, 1.54) is 48.8 Å². The summed E-state index contributed by atoms with van der Waals surface area (Å²) >= 11 is 0. The Morgan fingerprint density at radius 3 is 2.74 bits per heavy atom. The van der Waals surface area contributed by atoms with Crippen molar-refractivity contribution in [3.8, 4) is 0 Å². The number of benzene rings is 2. The van der Waals surface area contributed by atoms with Crippen molar-refractivity contribution in [2.45, 2.75) is 26.2 Å². The van der Waals surface area contributed by atoms with E-state index in [2.05, 4.69) is 51.6 Å². The standard InChI is InChI=1S/C21H22N4O.CH4/c1-25-8-6-14(7-9-25)18-12-22-19-10-15(2-4-17(18)19)24-16-3-5-21-20(11-16)23-13-26-21;/h2-5,10-14,22,24H,6-9H2,1H3;1H4. The van der Waals surface area contributed by atoms with Gasteiger partial charge in [-0.15, -0.1) is 0 Å². The van der Waals surface area contributed by atoms with Gasteiger partial charge in [0, 0.05) is 28.5 Å². The number of oxazole rings is 1. The van der Waals surface area contributed by atoms with Gasteiger partial charge in [-0.2, -0.15) is 0 Å². The number of nitrogens with one attached hydrogen (secondary N) is 2. The highest BCUT2D eigenvalue weighted by atomic mass is 16.3. The molecule has 1 fully saturated rings. The molecule has 5 heteroatoms. The number of anilines is 2. The number of aromatic amines is 1. The molecule has 0 aliphatic carbocycles. The Hall–Kier alpha value is -2.79. The number of H-pyrrole nitrogens is 1. The number of likely N-dealkylation sites (tertiary alicyclic amines) is 1. The third kappa shape index (κ3) is 3.30. The molecule has 0 unspecified atom stereocenters. The maximum Gasteiger partial charge on any atom is 0.181 e. The molecule has 1 aliphatic rings. The molecular weight excluding hydrogens is 336 g/mol. The molecule has 5 nitrogen and oxygen atoms in total. The van der Waals surface area contributed by atoms with Gasteiger partial charge >= 0.3 is 0 Å². The number of rotatable bonds is 3. The number of hydrogen-bond acceptors (Lipinski definition) is 4. The first kappa shape index (κ1) is 17.6. The Labute approximate surface area is 159 Å². The van der Waals surface area contributed by atoms with E-state index < -0.39 is 0 Å². The molecule has 3 heterocycles. The highest BCUT2D eigenvalue weighted by Gasteiger charge is 2.21. The first-order valence-electron chi connectivity index (χ1n) is 9.16. The van der Waals surface area contributed by atoms with Gasteiger partial charge in [-0.25, -0.2) is 4.98 Å². The lowest BCUT2D eigenvalue weighted by molar-refractivity contribution is 0.256. The lowest BCUT2D eigenvalue weighted by Gasteiger charge is -2.28. The molecule has 0 amide bonds. The van der Waals surface area contributed by atoms with Crippen LogP contribution in [0.15, 0.2) is 53.4 Å². The van der Waals surface area contributed by atoms with Crippen LogP contribution in [-0.2, 0) is 0 Å². The smallest absolute Gasteiger partial charge is 0.181 e. The summed E-state index contributed by atoms with van der Waals surface area (Å²) in [6, 6.07) is 12.5. The second kappa shape index (κ2) is 7.08. The highest BCUT2D eigenvalue weighted by Crippen LogP contribution is 2.34. The third-order valence-corrected chi connectivity index (χ3v) is 5.49. The second-order valence-electron chi connectivity index (χ2n) is 7.24. The molecule has 0 bridgehead atoms. The lowest BCUT2D eigenvalue weighted by Crippen LogP contribution is -2.29. The van der Waals surface area contributed by atoms with Crippen LogP contribution >= 0.6 is 0 Å². The quantitative estimate of drug-likeness (QED) is 0.505. The first-order chi connectivity index (χ1) is 12.8. The molecule has 140 valence electrons. The van der Waals surface area contributed by atoms with Gasteiger partial charge in [-0.05, 0) is 74.8 Å².